The molecule has 0 spiro atoms. The fourth-order valence-electron chi connectivity index (χ4n) is 4.17. The van der Waals surface area contributed by atoms with Crippen molar-refractivity contribution in [3.8, 4) is 0 Å². The maximum absolute atomic E-state index is 13.4. The van der Waals surface area contributed by atoms with E-state index in [0.717, 1.165) is 10.5 Å². The molecule has 0 bridgehead atoms. The lowest BCUT2D eigenvalue weighted by Crippen LogP contribution is -2.49. The Kier molecular flexibility index (Phi) is 13.0. The molecule has 0 aliphatic carbocycles. The topological polar surface area (TPSA) is 201 Å². The van der Waals surface area contributed by atoms with Crippen LogP contribution in [0.4, 0.5) is 5.69 Å². The summed E-state index contributed by atoms with van der Waals surface area (Å²) in [7, 11) is -0.170. The molecule has 230 valence electrons. The molecule has 3 rings (SSSR count). The van der Waals surface area contributed by atoms with Gasteiger partial charge in [-0.2, -0.15) is 0 Å². The number of unbranched alkanes of at least 4 members (excludes halogenated alkanes) is 1. The molecule has 0 fully saturated rings. The summed E-state index contributed by atoms with van der Waals surface area (Å²) in [6.07, 6.45) is 3.54. The Balaban J connectivity index is 1.89. The van der Waals surface area contributed by atoms with E-state index in [0.29, 0.717) is 25.1 Å². The van der Waals surface area contributed by atoms with Crippen LogP contribution in [0.3, 0.4) is 0 Å². The monoisotopic (exact) mass is 612 g/mol. The van der Waals surface area contributed by atoms with Crippen molar-refractivity contribution < 1.29 is 28.8 Å². The molecule has 8 N–H and O–H groups in total. The van der Waals surface area contributed by atoms with E-state index in [9.17, 15) is 28.8 Å². The van der Waals surface area contributed by atoms with Crippen molar-refractivity contribution in [2.45, 2.75) is 36.0 Å². The van der Waals surface area contributed by atoms with Crippen molar-refractivity contribution in [1.29, 1.82) is 0 Å². The average Bonchev–Trinajstić information content (AvgIpc) is 3.00. The highest BCUT2D eigenvalue weighted by Crippen LogP contribution is 2.23. The van der Waals surface area contributed by atoms with Gasteiger partial charge in [0.05, 0.1) is 37.4 Å². The molecule has 0 radical (unpaired) electrons. The van der Waals surface area contributed by atoms with Crippen molar-refractivity contribution in [2.75, 3.05) is 44.3 Å². The van der Waals surface area contributed by atoms with E-state index < -0.39 is 67.7 Å². The van der Waals surface area contributed by atoms with Crippen LogP contribution in [-0.4, -0.2) is 80.5 Å². The van der Waals surface area contributed by atoms with Gasteiger partial charge in [0.2, 0.25) is 29.5 Å². The van der Waals surface area contributed by atoms with Crippen LogP contribution in [0.25, 0.3) is 0 Å². The summed E-state index contributed by atoms with van der Waals surface area (Å²) in [5, 5.41) is 15.0. The molecule has 43 heavy (non-hydrogen) atoms. The van der Waals surface area contributed by atoms with Gasteiger partial charge in [0.1, 0.15) is 18.1 Å². The highest BCUT2D eigenvalue weighted by Gasteiger charge is 2.25. The molecule has 2 aromatic rings. The molecule has 2 aromatic carbocycles. The molecule has 0 aromatic heterocycles. The van der Waals surface area contributed by atoms with Gasteiger partial charge in [-0.05, 0) is 50.1 Å². The smallest absolute Gasteiger partial charge is 0.253 e. The SMILES string of the molecule is C[S+](Cc1ccc2c(c1)C(=O)NCC(=O)NCC(=O)NCC(=O)NCC(=O)N[C@@H](CCCCN)C(=O)N2)c1ccccc1. The van der Waals surface area contributed by atoms with E-state index in [4.69, 9.17) is 5.73 Å². The number of nitrogens with one attached hydrogen (secondary N) is 6. The van der Waals surface area contributed by atoms with Gasteiger partial charge in [0.25, 0.3) is 5.91 Å². The maximum atomic E-state index is 13.4. The minimum Gasteiger partial charge on any atom is -0.346 e. The van der Waals surface area contributed by atoms with Crippen molar-refractivity contribution >= 4 is 52.0 Å². The second kappa shape index (κ2) is 16.9. The average molecular weight is 613 g/mol. The Labute approximate surface area is 252 Å². The number of anilines is 1. The molecule has 1 heterocycles. The molecule has 6 amide bonds. The quantitative estimate of drug-likeness (QED) is 0.156. The number of carbonyl (C=O) groups is 6. The lowest BCUT2D eigenvalue weighted by atomic mass is 10.1. The van der Waals surface area contributed by atoms with Crippen LogP contribution in [-0.2, 0) is 40.6 Å². The largest absolute Gasteiger partial charge is 0.346 e. The lowest BCUT2D eigenvalue weighted by molar-refractivity contribution is -0.129. The van der Waals surface area contributed by atoms with Crippen molar-refractivity contribution in [3.63, 3.8) is 0 Å². The molecule has 1 unspecified atom stereocenters. The summed E-state index contributed by atoms with van der Waals surface area (Å²) >= 11 is 0. The van der Waals surface area contributed by atoms with Gasteiger partial charge in [-0.3, -0.25) is 28.8 Å². The third-order valence-electron chi connectivity index (χ3n) is 6.46. The normalized spacial score (nSPS) is 18.2. The number of rotatable bonds is 7. The van der Waals surface area contributed by atoms with Crippen LogP contribution in [0.1, 0.15) is 35.2 Å². The van der Waals surface area contributed by atoms with Gasteiger partial charge < -0.3 is 37.6 Å². The van der Waals surface area contributed by atoms with Gasteiger partial charge in [-0.25, -0.2) is 0 Å². The molecule has 1 aliphatic heterocycles. The summed E-state index contributed by atoms with van der Waals surface area (Å²) in [6.45, 7) is -1.27. The summed E-state index contributed by atoms with van der Waals surface area (Å²) in [6, 6.07) is 14.1. The number of nitrogens with two attached hydrogens (primary N) is 1. The van der Waals surface area contributed by atoms with Crippen LogP contribution < -0.4 is 37.6 Å². The van der Waals surface area contributed by atoms with Gasteiger partial charge in [0, 0.05) is 16.5 Å². The molecule has 1 aliphatic rings. The number of benzene rings is 2. The van der Waals surface area contributed by atoms with E-state index >= 15 is 0 Å². The number of fused-ring (bicyclic) bond motifs is 1. The second-order valence-electron chi connectivity index (χ2n) is 9.88. The molecular weight excluding hydrogens is 574 g/mol. The van der Waals surface area contributed by atoms with Crippen molar-refractivity contribution in [3.05, 3.63) is 59.7 Å². The standard InChI is InChI=1S/C29H37N7O6S/c1-43(20-7-3-2-4-8-20)18-19-10-11-22-21(13-19)28(41)34-16-26(39)32-14-24(37)31-15-25(38)33-17-27(40)35-23(29(42)36-22)9-5-6-12-30/h2-4,7-8,10-11,13,23H,5-6,9,12,14-18,30H2,1H3,(H5-,31,32,33,34,35,36,37,38,39,40,41,42)/p+1/t23-,43?/m0/s1. The lowest BCUT2D eigenvalue weighted by Gasteiger charge is -2.20. The van der Waals surface area contributed by atoms with Gasteiger partial charge in [0.15, 0.2) is 4.90 Å². The predicted molar refractivity (Wildman–Crippen MR) is 163 cm³/mol. The van der Waals surface area contributed by atoms with Crippen LogP contribution in [0, 0.1) is 0 Å². The first-order valence-electron chi connectivity index (χ1n) is 13.9. The first-order valence-corrected chi connectivity index (χ1v) is 15.7. The highest BCUT2D eigenvalue weighted by atomic mass is 32.2. The van der Waals surface area contributed by atoms with E-state index in [2.05, 4.69) is 38.2 Å². The highest BCUT2D eigenvalue weighted by molar-refractivity contribution is 7.95. The summed E-state index contributed by atoms with van der Waals surface area (Å²) in [5.41, 5.74) is 6.79. The first kappa shape index (κ1) is 33.1. The number of hydrogen-bond donors (Lipinski definition) is 7. The van der Waals surface area contributed by atoms with E-state index in [1.165, 1.54) is 0 Å². The molecule has 14 heteroatoms. The zero-order chi connectivity index (χ0) is 31.2. The van der Waals surface area contributed by atoms with Crippen molar-refractivity contribution in [2.24, 2.45) is 5.73 Å². The predicted octanol–water partition coefficient (Wildman–Crippen LogP) is -0.862. The third kappa shape index (κ3) is 11.1. The van der Waals surface area contributed by atoms with Crippen molar-refractivity contribution in [1.82, 2.24) is 26.6 Å². The Morgan fingerprint density at radius 3 is 2.00 bits per heavy atom. The van der Waals surface area contributed by atoms with Gasteiger partial charge in [-0.1, -0.05) is 24.3 Å². The van der Waals surface area contributed by atoms with Gasteiger partial charge >= 0.3 is 0 Å². The van der Waals surface area contributed by atoms with Crippen LogP contribution in [0.15, 0.2) is 53.4 Å². The Morgan fingerprint density at radius 1 is 0.767 bits per heavy atom. The summed E-state index contributed by atoms with van der Waals surface area (Å²) in [4.78, 5) is 76.8. The second-order valence-corrected chi connectivity index (χ2v) is 11.9. The van der Waals surface area contributed by atoms with E-state index in [1.807, 2.05) is 36.4 Å². The molecule has 2 atom stereocenters. The Hall–Kier alpha value is -4.43. The molecule has 0 saturated carbocycles. The zero-order valence-electron chi connectivity index (χ0n) is 24.0. The summed E-state index contributed by atoms with van der Waals surface area (Å²) < 4.78 is 0. The van der Waals surface area contributed by atoms with E-state index in [-0.39, 0.29) is 28.6 Å². The summed E-state index contributed by atoms with van der Waals surface area (Å²) in [5.74, 6) is -3.02. The Bertz CT molecular complexity index is 1320. The third-order valence-corrected chi connectivity index (χ3v) is 8.30. The number of amides is 6. The van der Waals surface area contributed by atoms with Crippen LogP contribution in [0.5, 0.6) is 0 Å². The number of hydrogen-bond acceptors (Lipinski definition) is 7. The fraction of sp³-hybridized carbons (Fsp3) is 0.379. The molecule has 0 saturated heterocycles. The Morgan fingerprint density at radius 2 is 1.37 bits per heavy atom. The fourth-order valence-corrected chi connectivity index (χ4v) is 5.64. The molecule has 13 nitrogen and oxygen atoms in total. The van der Waals surface area contributed by atoms with E-state index in [1.54, 1.807) is 12.1 Å². The van der Waals surface area contributed by atoms with Crippen LogP contribution >= 0.6 is 0 Å². The number of carbonyl (C=O) groups excluding carboxylic acids is 6. The molecular formula is C29H38N7O6S+. The minimum absolute atomic E-state index is 0.138. The first-order chi connectivity index (χ1) is 20.7. The van der Waals surface area contributed by atoms with Crippen LogP contribution in [0.2, 0.25) is 0 Å². The van der Waals surface area contributed by atoms with Gasteiger partial charge in [-0.15, -0.1) is 0 Å². The maximum Gasteiger partial charge on any atom is 0.253 e. The zero-order valence-corrected chi connectivity index (χ0v) is 24.8. The minimum atomic E-state index is -0.973.